The van der Waals surface area contributed by atoms with E-state index < -0.39 is 0 Å². The summed E-state index contributed by atoms with van der Waals surface area (Å²) in [7, 11) is 1.69. The van der Waals surface area contributed by atoms with Crippen molar-refractivity contribution in [3.05, 3.63) is 63.6 Å². The molecule has 0 bridgehead atoms. The highest BCUT2D eigenvalue weighted by Crippen LogP contribution is 2.17. The van der Waals surface area contributed by atoms with Crippen molar-refractivity contribution in [1.29, 1.82) is 0 Å². The Bertz CT molecular complexity index is 551. The van der Waals surface area contributed by atoms with Gasteiger partial charge >= 0.3 is 0 Å². The van der Waals surface area contributed by atoms with Crippen molar-refractivity contribution in [2.45, 2.75) is 19.9 Å². The monoisotopic (exact) mass is 333 g/mol. The Balaban J connectivity index is 1.76. The zero-order valence-corrected chi connectivity index (χ0v) is 13.5. The number of halogens is 1. The fraction of sp³-hybridized carbons (Fsp3) is 0.294. The van der Waals surface area contributed by atoms with Crippen molar-refractivity contribution >= 4 is 15.9 Å². The van der Waals surface area contributed by atoms with Crippen molar-refractivity contribution < 1.29 is 4.74 Å². The fourth-order valence-corrected chi connectivity index (χ4v) is 2.43. The van der Waals surface area contributed by atoms with Gasteiger partial charge in [-0.25, -0.2) is 0 Å². The molecule has 2 aromatic carbocycles. The van der Waals surface area contributed by atoms with Gasteiger partial charge in [0.05, 0.1) is 7.11 Å². The Morgan fingerprint density at radius 3 is 2.40 bits per heavy atom. The molecule has 2 aromatic rings. The average Bonchev–Trinajstić information content (AvgIpc) is 2.48. The second kappa shape index (κ2) is 7.46. The summed E-state index contributed by atoms with van der Waals surface area (Å²) in [5.74, 6) is 0.909. The van der Waals surface area contributed by atoms with Crippen LogP contribution in [0.1, 0.15) is 16.7 Å². The summed E-state index contributed by atoms with van der Waals surface area (Å²) in [6.07, 6.45) is 1.02. The summed E-state index contributed by atoms with van der Waals surface area (Å²) >= 11 is 3.57. The van der Waals surface area contributed by atoms with Crippen LogP contribution in [0.3, 0.4) is 0 Å². The van der Waals surface area contributed by atoms with Crippen LogP contribution >= 0.6 is 15.9 Å². The Morgan fingerprint density at radius 2 is 1.75 bits per heavy atom. The summed E-state index contributed by atoms with van der Waals surface area (Å²) in [4.78, 5) is 0. The maximum atomic E-state index is 5.15. The number of aryl methyl sites for hydroxylation is 1. The first-order chi connectivity index (χ1) is 9.69. The van der Waals surface area contributed by atoms with Crippen molar-refractivity contribution in [2.24, 2.45) is 0 Å². The minimum atomic E-state index is 0.898. The standard InChI is InChI=1S/C17H20BrNO/c1-13-3-4-15(11-17(13)18)12-19-10-9-14-5-7-16(20-2)8-6-14/h3-8,11,19H,9-10,12H2,1-2H3. The minimum Gasteiger partial charge on any atom is -0.497 e. The molecule has 0 saturated heterocycles. The lowest BCUT2D eigenvalue weighted by Crippen LogP contribution is -2.16. The van der Waals surface area contributed by atoms with Gasteiger partial charge in [-0.05, 0) is 54.8 Å². The van der Waals surface area contributed by atoms with E-state index in [1.807, 2.05) is 12.1 Å². The molecule has 106 valence electrons. The summed E-state index contributed by atoms with van der Waals surface area (Å²) < 4.78 is 6.33. The predicted molar refractivity (Wildman–Crippen MR) is 87.3 cm³/mol. The lowest BCUT2D eigenvalue weighted by molar-refractivity contribution is 0.414. The van der Waals surface area contributed by atoms with Gasteiger partial charge in [-0.3, -0.25) is 0 Å². The van der Waals surface area contributed by atoms with Gasteiger partial charge in [0.1, 0.15) is 5.75 Å². The van der Waals surface area contributed by atoms with E-state index in [0.717, 1.165) is 25.3 Å². The number of nitrogens with one attached hydrogen (secondary N) is 1. The molecule has 0 aliphatic heterocycles. The predicted octanol–water partition coefficient (Wildman–Crippen LogP) is 4.10. The zero-order chi connectivity index (χ0) is 14.4. The molecule has 0 aliphatic carbocycles. The summed E-state index contributed by atoms with van der Waals surface area (Å²) in [6, 6.07) is 14.7. The lowest BCUT2D eigenvalue weighted by Gasteiger charge is -2.07. The molecule has 0 unspecified atom stereocenters. The van der Waals surface area contributed by atoms with Gasteiger partial charge in [0.2, 0.25) is 0 Å². The number of rotatable bonds is 6. The van der Waals surface area contributed by atoms with E-state index in [2.05, 4.69) is 58.5 Å². The van der Waals surface area contributed by atoms with Gasteiger partial charge < -0.3 is 10.1 Å². The molecule has 0 atom stereocenters. The third kappa shape index (κ3) is 4.36. The first-order valence-electron chi connectivity index (χ1n) is 6.77. The molecule has 2 nitrogen and oxygen atoms in total. The van der Waals surface area contributed by atoms with Gasteiger partial charge in [-0.15, -0.1) is 0 Å². The number of methoxy groups -OCH3 is 1. The average molecular weight is 334 g/mol. The molecule has 2 rings (SSSR count). The first-order valence-corrected chi connectivity index (χ1v) is 7.57. The van der Waals surface area contributed by atoms with Gasteiger partial charge in [0.25, 0.3) is 0 Å². The molecule has 1 N–H and O–H groups in total. The van der Waals surface area contributed by atoms with Crippen molar-refractivity contribution in [3.63, 3.8) is 0 Å². The molecule has 3 heteroatoms. The van der Waals surface area contributed by atoms with Crippen LogP contribution in [0.15, 0.2) is 46.9 Å². The van der Waals surface area contributed by atoms with Crippen LogP contribution in [0.5, 0.6) is 5.75 Å². The van der Waals surface area contributed by atoms with E-state index in [1.54, 1.807) is 7.11 Å². The lowest BCUT2D eigenvalue weighted by atomic mass is 10.1. The van der Waals surface area contributed by atoms with Crippen LogP contribution in [-0.4, -0.2) is 13.7 Å². The van der Waals surface area contributed by atoms with E-state index in [0.29, 0.717) is 0 Å². The number of hydrogen-bond donors (Lipinski definition) is 1. The Labute approximate surface area is 129 Å². The Hall–Kier alpha value is -1.32. The highest BCUT2D eigenvalue weighted by molar-refractivity contribution is 9.10. The van der Waals surface area contributed by atoms with Crippen molar-refractivity contribution in [3.8, 4) is 5.75 Å². The maximum Gasteiger partial charge on any atom is 0.118 e. The van der Waals surface area contributed by atoms with E-state index in [9.17, 15) is 0 Å². The molecular weight excluding hydrogens is 314 g/mol. The molecule has 0 heterocycles. The van der Waals surface area contributed by atoms with Gasteiger partial charge in [-0.2, -0.15) is 0 Å². The van der Waals surface area contributed by atoms with E-state index >= 15 is 0 Å². The van der Waals surface area contributed by atoms with E-state index in [4.69, 9.17) is 4.74 Å². The van der Waals surface area contributed by atoms with Crippen LogP contribution in [0.25, 0.3) is 0 Å². The fourth-order valence-electron chi connectivity index (χ4n) is 2.00. The number of benzene rings is 2. The summed E-state index contributed by atoms with van der Waals surface area (Å²) in [5.41, 5.74) is 3.90. The molecule has 0 aromatic heterocycles. The van der Waals surface area contributed by atoms with Crippen LogP contribution in [0.4, 0.5) is 0 Å². The Morgan fingerprint density at radius 1 is 1.05 bits per heavy atom. The van der Waals surface area contributed by atoms with Crippen molar-refractivity contribution in [1.82, 2.24) is 5.32 Å². The normalized spacial score (nSPS) is 10.6. The minimum absolute atomic E-state index is 0.898. The molecule has 0 radical (unpaired) electrons. The third-order valence-electron chi connectivity index (χ3n) is 3.31. The molecule has 0 saturated carbocycles. The molecule has 0 amide bonds. The second-order valence-electron chi connectivity index (χ2n) is 4.86. The quantitative estimate of drug-likeness (QED) is 0.803. The second-order valence-corrected chi connectivity index (χ2v) is 5.71. The largest absolute Gasteiger partial charge is 0.497 e. The van der Waals surface area contributed by atoms with E-state index in [1.165, 1.54) is 21.2 Å². The molecule has 20 heavy (non-hydrogen) atoms. The highest BCUT2D eigenvalue weighted by Gasteiger charge is 1.98. The van der Waals surface area contributed by atoms with E-state index in [-0.39, 0.29) is 0 Å². The molecule has 0 aliphatic rings. The molecule has 0 fully saturated rings. The van der Waals surface area contributed by atoms with Crippen LogP contribution in [0, 0.1) is 6.92 Å². The number of ether oxygens (including phenoxy) is 1. The van der Waals surface area contributed by atoms with Gasteiger partial charge in [-0.1, -0.05) is 40.2 Å². The summed E-state index contributed by atoms with van der Waals surface area (Å²) in [5, 5.41) is 3.47. The van der Waals surface area contributed by atoms with Crippen LogP contribution in [0.2, 0.25) is 0 Å². The Kier molecular flexibility index (Phi) is 5.62. The SMILES string of the molecule is COc1ccc(CCNCc2ccc(C)c(Br)c2)cc1. The number of hydrogen-bond acceptors (Lipinski definition) is 2. The molecular formula is C17H20BrNO. The van der Waals surface area contributed by atoms with Crippen molar-refractivity contribution in [2.75, 3.05) is 13.7 Å². The van der Waals surface area contributed by atoms with Crippen LogP contribution < -0.4 is 10.1 Å². The first kappa shape index (κ1) is 15.1. The topological polar surface area (TPSA) is 21.3 Å². The third-order valence-corrected chi connectivity index (χ3v) is 4.17. The maximum absolute atomic E-state index is 5.15. The molecule has 0 spiro atoms. The van der Waals surface area contributed by atoms with Gasteiger partial charge in [0, 0.05) is 11.0 Å². The smallest absolute Gasteiger partial charge is 0.118 e. The summed E-state index contributed by atoms with van der Waals surface area (Å²) in [6.45, 7) is 3.97. The highest BCUT2D eigenvalue weighted by atomic mass is 79.9. The van der Waals surface area contributed by atoms with Crippen LogP contribution in [-0.2, 0) is 13.0 Å². The zero-order valence-electron chi connectivity index (χ0n) is 11.9. The van der Waals surface area contributed by atoms with Gasteiger partial charge in [0.15, 0.2) is 0 Å².